The molecular weight excluding hydrogens is 368 g/mol. The number of esters is 1. The Bertz CT molecular complexity index is 940. The summed E-state index contributed by atoms with van der Waals surface area (Å²) in [5.74, 6) is -0.562. The molecule has 1 aromatic heterocycles. The van der Waals surface area contributed by atoms with Crippen molar-refractivity contribution in [2.75, 3.05) is 7.11 Å². The van der Waals surface area contributed by atoms with Gasteiger partial charge in [0, 0.05) is 23.5 Å². The van der Waals surface area contributed by atoms with Gasteiger partial charge in [0.15, 0.2) is 0 Å². The number of aromatic amines is 1. The Labute approximate surface area is 161 Å². The van der Waals surface area contributed by atoms with Gasteiger partial charge >= 0.3 is 12.1 Å². The third kappa shape index (κ3) is 4.60. The van der Waals surface area contributed by atoms with Crippen molar-refractivity contribution in [3.8, 4) is 0 Å². The van der Waals surface area contributed by atoms with Crippen LogP contribution in [0.5, 0.6) is 0 Å². The monoisotopic (exact) mass is 386 g/mol. The first-order valence-corrected chi connectivity index (χ1v) is 8.76. The highest BCUT2D eigenvalue weighted by Crippen LogP contribution is 2.27. The van der Waals surface area contributed by atoms with Crippen LogP contribution in [-0.4, -0.2) is 30.2 Å². The molecular formula is C20H19ClN2O4. The molecule has 0 bridgehead atoms. The van der Waals surface area contributed by atoms with E-state index >= 15 is 0 Å². The zero-order chi connectivity index (χ0) is 19.2. The van der Waals surface area contributed by atoms with Crippen molar-refractivity contribution in [3.63, 3.8) is 0 Å². The number of carbonyl (C=O) groups excluding carboxylic acids is 2. The Morgan fingerprint density at radius 3 is 2.67 bits per heavy atom. The number of nitrogens with one attached hydrogen (secondary N) is 2. The lowest BCUT2D eigenvalue weighted by atomic mass is 10.1. The molecule has 1 amide bonds. The number of fused-ring (bicyclic) bond motifs is 1. The molecule has 0 aliphatic heterocycles. The summed E-state index contributed by atoms with van der Waals surface area (Å²) in [5, 5.41) is 3.95. The highest BCUT2D eigenvalue weighted by atomic mass is 35.5. The third-order valence-corrected chi connectivity index (χ3v) is 4.47. The minimum absolute atomic E-state index is 0.111. The van der Waals surface area contributed by atoms with Crippen LogP contribution in [0.3, 0.4) is 0 Å². The van der Waals surface area contributed by atoms with Gasteiger partial charge in [0.25, 0.3) is 0 Å². The number of halogens is 1. The molecule has 0 unspecified atom stereocenters. The van der Waals surface area contributed by atoms with Gasteiger partial charge in [-0.2, -0.15) is 0 Å². The normalized spacial score (nSPS) is 11.8. The zero-order valence-corrected chi connectivity index (χ0v) is 15.5. The summed E-state index contributed by atoms with van der Waals surface area (Å²) < 4.78 is 10.0. The first-order chi connectivity index (χ1) is 13.1. The number of ether oxygens (including phenoxy) is 2. The smallest absolute Gasteiger partial charge is 0.408 e. The fraction of sp³-hybridized carbons (Fsp3) is 0.200. The number of amides is 1. The van der Waals surface area contributed by atoms with Gasteiger partial charge in [-0.25, -0.2) is 9.59 Å². The Morgan fingerprint density at radius 1 is 1.15 bits per heavy atom. The standard InChI is InChI=1S/C20H19ClN2O4/c1-26-19(24)17(23-20(25)27-12-13-6-3-2-4-7-13)10-14-11-22-16-9-5-8-15(21)18(14)16/h2-9,11,17,22H,10,12H2,1H3,(H,23,25)/t17-/m0/s1. The van der Waals surface area contributed by atoms with E-state index in [0.29, 0.717) is 5.02 Å². The van der Waals surface area contributed by atoms with Crippen LogP contribution in [0.2, 0.25) is 5.02 Å². The molecule has 7 heteroatoms. The number of aromatic nitrogens is 1. The van der Waals surface area contributed by atoms with E-state index in [1.807, 2.05) is 42.5 Å². The second kappa shape index (κ2) is 8.60. The van der Waals surface area contributed by atoms with Crippen molar-refractivity contribution in [2.24, 2.45) is 0 Å². The average Bonchev–Trinajstić information content (AvgIpc) is 3.10. The Morgan fingerprint density at radius 2 is 1.93 bits per heavy atom. The average molecular weight is 387 g/mol. The molecule has 0 fully saturated rings. The fourth-order valence-corrected chi connectivity index (χ4v) is 3.13. The quantitative estimate of drug-likeness (QED) is 0.631. The third-order valence-electron chi connectivity index (χ3n) is 4.15. The lowest BCUT2D eigenvalue weighted by Gasteiger charge is -2.16. The van der Waals surface area contributed by atoms with E-state index in [9.17, 15) is 9.59 Å². The Hall–Kier alpha value is -2.99. The zero-order valence-electron chi connectivity index (χ0n) is 14.7. The van der Waals surface area contributed by atoms with Crippen molar-refractivity contribution < 1.29 is 19.1 Å². The summed E-state index contributed by atoms with van der Waals surface area (Å²) in [6.07, 6.45) is 1.29. The number of rotatable bonds is 6. The first-order valence-electron chi connectivity index (χ1n) is 8.38. The SMILES string of the molecule is COC(=O)[C@H](Cc1c[nH]c2cccc(Cl)c12)NC(=O)OCc1ccccc1. The van der Waals surface area contributed by atoms with Crippen molar-refractivity contribution >= 4 is 34.6 Å². The predicted octanol–water partition coefficient (Wildman–Crippen LogP) is 3.83. The summed E-state index contributed by atoms with van der Waals surface area (Å²) in [7, 11) is 1.27. The van der Waals surface area contributed by atoms with Crippen LogP contribution in [-0.2, 0) is 27.3 Å². The lowest BCUT2D eigenvalue weighted by molar-refractivity contribution is -0.142. The molecule has 0 radical (unpaired) electrons. The van der Waals surface area contributed by atoms with Crippen LogP contribution < -0.4 is 5.32 Å². The summed E-state index contributed by atoms with van der Waals surface area (Å²) in [4.78, 5) is 27.4. The van der Waals surface area contributed by atoms with E-state index in [0.717, 1.165) is 22.0 Å². The van der Waals surface area contributed by atoms with Crippen molar-refractivity contribution in [3.05, 3.63) is 70.9 Å². The molecule has 3 aromatic rings. The van der Waals surface area contributed by atoms with E-state index in [1.165, 1.54) is 7.11 Å². The topological polar surface area (TPSA) is 80.4 Å². The molecule has 2 N–H and O–H groups in total. The molecule has 1 heterocycles. The molecule has 27 heavy (non-hydrogen) atoms. The number of carbonyl (C=O) groups is 2. The Balaban J connectivity index is 1.70. The minimum atomic E-state index is -0.895. The van der Waals surface area contributed by atoms with Gasteiger partial charge in [-0.15, -0.1) is 0 Å². The van der Waals surface area contributed by atoms with Gasteiger partial charge in [-0.05, 0) is 23.3 Å². The molecule has 0 aliphatic rings. The summed E-state index contributed by atoms with van der Waals surface area (Å²) in [6, 6.07) is 13.9. The van der Waals surface area contributed by atoms with Crippen LogP contribution in [0.1, 0.15) is 11.1 Å². The number of H-pyrrole nitrogens is 1. The van der Waals surface area contributed by atoms with Crippen molar-refractivity contribution in [1.29, 1.82) is 0 Å². The van der Waals surface area contributed by atoms with Gasteiger partial charge in [0.05, 0.1) is 12.1 Å². The molecule has 0 spiro atoms. The maximum Gasteiger partial charge on any atom is 0.408 e. The van der Waals surface area contributed by atoms with Crippen LogP contribution in [0.4, 0.5) is 4.79 Å². The summed E-state index contributed by atoms with van der Waals surface area (Å²) in [5.41, 5.74) is 2.51. The van der Waals surface area contributed by atoms with E-state index in [2.05, 4.69) is 10.3 Å². The van der Waals surface area contributed by atoms with Gasteiger partial charge < -0.3 is 19.8 Å². The lowest BCUT2D eigenvalue weighted by Crippen LogP contribution is -2.43. The maximum absolute atomic E-state index is 12.1. The van der Waals surface area contributed by atoms with Crippen molar-refractivity contribution in [1.82, 2.24) is 10.3 Å². The number of methoxy groups -OCH3 is 1. The molecule has 0 aliphatic carbocycles. The number of hydrogen-bond donors (Lipinski definition) is 2. The second-order valence-corrected chi connectivity index (χ2v) is 6.37. The van der Waals surface area contributed by atoms with Gasteiger partial charge in [-0.3, -0.25) is 0 Å². The molecule has 0 saturated heterocycles. The van der Waals surface area contributed by atoms with Crippen LogP contribution in [0, 0.1) is 0 Å². The number of hydrogen-bond acceptors (Lipinski definition) is 4. The first kappa shape index (κ1) is 18.8. The Kier molecular flexibility index (Phi) is 5.98. The van der Waals surface area contributed by atoms with Gasteiger partial charge in [0.1, 0.15) is 12.6 Å². The van der Waals surface area contributed by atoms with Crippen LogP contribution >= 0.6 is 11.6 Å². The number of benzene rings is 2. The summed E-state index contributed by atoms with van der Waals surface area (Å²) >= 11 is 6.28. The van der Waals surface area contributed by atoms with E-state index in [4.69, 9.17) is 21.1 Å². The molecule has 140 valence electrons. The largest absolute Gasteiger partial charge is 0.467 e. The van der Waals surface area contributed by atoms with E-state index in [1.54, 1.807) is 12.3 Å². The molecule has 3 rings (SSSR count). The molecule has 6 nitrogen and oxygen atoms in total. The minimum Gasteiger partial charge on any atom is -0.467 e. The van der Waals surface area contributed by atoms with Crippen molar-refractivity contribution in [2.45, 2.75) is 19.1 Å². The van der Waals surface area contributed by atoms with Crippen LogP contribution in [0.15, 0.2) is 54.7 Å². The highest BCUT2D eigenvalue weighted by Gasteiger charge is 2.24. The number of alkyl carbamates (subject to hydrolysis) is 1. The predicted molar refractivity (Wildman–Crippen MR) is 103 cm³/mol. The second-order valence-electron chi connectivity index (χ2n) is 5.96. The van der Waals surface area contributed by atoms with Gasteiger partial charge in [0.2, 0.25) is 0 Å². The maximum atomic E-state index is 12.1. The molecule has 1 atom stereocenters. The molecule has 0 saturated carbocycles. The highest BCUT2D eigenvalue weighted by molar-refractivity contribution is 6.35. The molecule has 2 aromatic carbocycles. The fourth-order valence-electron chi connectivity index (χ4n) is 2.83. The van der Waals surface area contributed by atoms with E-state index < -0.39 is 18.1 Å². The van der Waals surface area contributed by atoms with E-state index in [-0.39, 0.29) is 13.0 Å². The van der Waals surface area contributed by atoms with Gasteiger partial charge in [-0.1, -0.05) is 48.0 Å². The summed E-state index contributed by atoms with van der Waals surface area (Å²) in [6.45, 7) is 0.111. The van der Waals surface area contributed by atoms with Crippen LogP contribution in [0.25, 0.3) is 10.9 Å².